The van der Waals surface area contributed by atoms with Gasteiger partial charge < -0.3 is 10.1 Å². The lowest BCUT2D eigenvalue weighted by molar-refractivity contribution is -0.137. The zero-order valence-corrected chi connectivity index (χ0v) is 17.6. The highest BCUT2D eigenvalue weighted by molar-refractivity contribution is 6.33. The van der Waals surface area contributed by atoms with E-state index >= 15 is 0 Å². The van der Waals surface area contributed by atoms with Gasteiger partial charge in [-0.2, -0.15) is 18.3 Å². The number of rotatable bonds is 5. The third-order valence-corrected chi connectivity index (χ3v) is 5.33. The highest BCUT2D eigenvalue weighted by Crippen LogP contribution is 2.35. The summed E-state index contributed by atoms with van der Waals surface area (Å²) < 4.78 is 43.7. The van der Waals surface area contributed by atoms with Crippen molar-refractivity contribution in [2.24, 2.45) is 10.3 Å². The number of imide groups is 1. The van der Waals surface area contributed by atoms with Gasteiger partial charge in [0.2, 0.25) is 5.91 Å². The average molecular weight is 482 g/mol. The van der Waals surface area contributed by atoms with Gasteiger partial charge in [-0.05, 0) is 36.4 Å². The molecule has 0 unspecified atom stereocenters. The molecule has 2 aromatic rings. The van der Waals surface area contributed by atoms with Crippen LogP contribution in [-0.4, -0.2) is 48.5 Å². The number of hydrogen-bond acceptors (Lipinski definition) is 7. The topological polar surface area (TPSA) is 104 Å². The largest absolute Gasteiger partial charge is 0.495 e. The van der Waals surface area contributed by atoms with Crippen LogP contribution in [0.4, 0.5) is 24.5 Å². The Labute approximate surface area is 189 Å². The quantitative estimate of drug-likeness (QED) is 0.660. The van der Waals surface area contributed by atoms with E-state index in [1.807, 2.05) is 0 Å². The third-order valence-electron chi connectivity index (χ3n) is 5.03. The number of nitrogens with one attached hydrogen (secondary N) is 1. The van der Waals surface area contributed by atoms with Gasteiger partial charge >= 0.3 is 6.18 Å². The summed E-state index contributed by atoms with van der Waals surface area (Å²) in [6, 6.07) is 6.15. The van der Waals surface area contributed by atoms with Crippen LogP contribution in [0, 0.1) is 0 Å². The summed E-state index contributed by atoms with van der Waals surface area (Å²) in [4.78, 5) is 39.0. The van der Waals surface area contributed by atoms with Crippen molar-refractivity contribution < 1.29 is 32.3 Å². The fourth-order valence-electron chi connectivity index (χ4n) is 3.52. The van der Waals surface area contributed by atoms with Crippen LogP contribution in [0.15, 0.2) is 52.8 Å². The molecule has 1 saturated heterocycles. The number of fused-ring (bicyclic) bond motifs is 1. The summed E-state index contributed by atoms with van der Waals surface area (Å²) >= 11 is 6.09. The summed E-state index contributed by atoms with van der Waals surface area (Å²) in [6.45, 7) is -0.503. The van der Waals surface area contributed by atoms with Gasteiger partial charge in [-0.15, -0.1) is 0 Å². The maximum Gasteiger partial charge on any atom is 0.416 e. The van der Waals surface area contributed by atoms with Gasteiger partial charge in [-0.25, -0.2) is 4.90 Å². The van der Waals surface area contributed by atoms with Crippen molar-refractivity contribution in [1.29, 1.82) is 0 Å². The fourth-order valence-corrected chi connectivity index (χ4v) is 3.78. The Kier molecular flexibility index (Phi) is 5.70. The highest BCUT2D eigenvalue weighted by Gasteiger charge is 2.55. The molecule has 2 aliphatic heterocycles. The van der Waals surface area contributed by atoms with Crippen molar-refractivity contribution in [1.82, 2.24) is 5.01 Å². The molecule has 9 nitrogen and oxygen atoms in total. The predicted molar refractivity (Wildman–Crippen MR) is 110 cm³/mol. The Balaban J connectivity index is 1.48. The van der Waals surface area contributed by atoms with Crippen LogP contribution in [0.5, 0.6) is 5.75 Å². The fraction of sp³-hybridized carbons (Fsp3) is 0.250. The second-order valence-corrected chi connectivity index (χ2v) is 7.56. The van der Waals surface area contributed by atoms with Crippen LogP contribution in [0.1, 0.15) is 5.56 Å². The van der Waals surface area contributed by atoms with Crippen LogP contribution in [-0.2, 0) is 20.6 Å². The summed E-state index contributed by atoms with van der Waals surface area (Å²) in [5.74, 6) is -1.69. The zero-order chi connectivity index (χ0) is 23.9. The molecule has 1 fully saturated rings. The minimum Gasteiger partial charge on any atom is -0.495 e. The molecule has 2 heterocycles. The van der Waals surface area contributed by atoms with E-state index < -0.39 is 48.1 Å². The number of nitrogens with zero attached hydrogens (tertiary/aromatic N) is 4. The maximum absolute atomic E-state index is 13.0. The van der Waals surface area contributed by atoms with E-state index in [0.717, 1.165) is 28.1 Å². The van der Waals surface area contributed by atoms with Crippen molar-refractivity contribution in [3.05, 3.63) is 53.1 Å². The minimum atomic E-state index is -4.57. The Hall–Kier alpha value is -3.67. The van der Waals surface area contributed by atoms with Gasteiger partial charge in [0.25, 0.3) is 11.8 Å². The van der Waals surface area contributed by atoms with Crippen molar-refractivity contribution >= 4 is 40.7 Å². The molecule has 172 valence electrons. The molecule has 0 aliphatic carbocycles. The Morgan fingerprint density at radius 2 is 1.94 bits per heavy atom. The van der Waals surface area contributed by atoms with Gasteiger partial charge in [0, 0.05) is 5.69 Å². The van der Waals surface area contributed by atoms with Crippen LogP contribution in [0.25, 0.3) is 0 Å². The Morgan fingerprint density at radius 1 is 1.18 bits per heavy atom. The lowest BCUT2D eigenvalue weighted by atomic mass is 10.1. The second-order valence-electron chi connectivity index (χ2n) is 7.15. The molecule has 33 heavy (non-hydrogen) atoms. The SMILES string of the molecule is COc1ccc(N2C(=O)[C@H]3N=NN(CC(=O)Nc4cccc(C(F)(F)F)c4)[C@@H]3C2=O)cc1Cl. The van der Waals surface area contributed by atoms with E-state index in [0.29, 0.717) is 5.75 Å². The van der Waals surface area contributed by atoms with E-state index in [4.69, 9.17) is 16.3 Å². The van der Waals surface area contributed by atoms with E-state index in [9.17, 15) is 27.6 Å². The molecule has 1 N–H and O–H groups in total. The van der Waals surface area contributed by atoms with Gasteiger partial charge in [-0.3, -0.25) is 19.4 Å². The van der Waals surface area contributed by atoms with E-state index in [2.05, 4.69) is 15.7 Å². The number of carbonyl (C=O) groups is 3. The lowest BCUT2D eigenvalue weighted by Crippen LogP contribution is -2.43. The molecule has 4 rings (SSSR count). The molecule has 2 aromatic carbocycles. The molecule has 0 bridgehead atoms. The monoisotopic (exact) mass is 481 g/mol. The molecule has 0 aromatic heterocycles. The van der Waals surface area contributed by atoms with Crippen LogP contribution in [0.2, 0.25) is 5.02 Å². The molecule has 2 atom stereocenters. The normalized spacial score (nSPS) is 19.8. The molecular formula is C20H15ClF3N5O4. The summed E-state index contributed by atoms with van der Waals surface area (Å²) in [5, 5.41) is 11.1. The Bertz CT molecular complexity index is 1170. The number of hydrogen-bond donors (Lipinski definition) is 1. The van der Waals surface area contributed by atoms with Crippen molar-refractivity contribution in [2.45, 2.75) is 18.3 Å². The van der Waals surface area contributed by atoms with Gasteiger partial charge in [-0.1, -0.05) is 22.9 Å². The van der Waals surface area contributed by atoms with Crippen LogP contribution in [0.3, 0.4) is 0 Å². The van der Waals surface area contributed by atoms with Crippen molar-refractivity contribution in [3.63, 3.8) is 0 Å². The van der Waals surface area contributed by atoms with Crippen molar-refractivity contribution in [2.75, 3.05) is 23.9 Å². The lowest BCUT2D eigenvalue weighted by Gasteiger charge is -2.20. The van der Waals surface area contributed by atoms with Crippen LogP contribution >= 0.6 is 11.6 Å². The summed E-state index contributed by atoms with van der Waals surface area (Å²) in [7, 11) is 1.42. The molecule has 3 amide bonds. The van der Waals surface area contributed by atoms with Gasteiger partial charge in [0.05, 0.1) is 23.4 Å². The van der Waals surface area contributed by atoms with Gasteiger partial charge in [0.15, 0.2) is 12.1 Å². The first-order valence-electron chi connectivity index (χ1n) is 9.46. The third kappa shape index (κ3) is 4.21. The number of halogens is 4. The van der Waals surface area contributed by atoms with E-state index in [-0.39, 0.29) is 16.4 Å². The first-order valence-corrected chi connectivity index (χ1v) is 9.84. The first-order chi connectivity index (χ1) is 15.6. The Morgan fingerprint density at radius 3 is 2.61 bits per heavy atom. The van der Waals surface area contributed by atoms with Crippen molar-refractivity contribution in [3.8, 4) is 5.75 Å². The number of alkyl halides is 3. The van der Waals surface area contributed by atoms with Crippen LogP contribution < -0.4 is 15.0 Å². The highest BCUT2D eigenvalue weighted by atomic mass is 35.5. The van der Waals surface area contributed by atoms with E-state index in [1.165, 1.54) is 31.4 Å². The summed E-state index contributed by atoms with van der Waals surface area (Å²) in [5.41, 5.74) is -0.800. The average Bonchev–Trinajstić information content (AvgIpc) is 3.27. The van der Waals surface area contributed by atoms with Gasteiger partial charge in [0.1, 0.15) is 12.3 Å². The number of anilines is 2. The molecule has 0 spiro atoms. The smallest absolute Gasteiger partial charge is 0.416 e. The first kappa shape index (κ1) is 22.5. The molecular weight excluding hydrogens is 467 g/mol. The number of methoxy groups -OCH3 is 1. The zero-order valence-electron chi connectivity index (χ0n) is 16.8. The number of amides is 3. The van der Waals surface area contributed by atoms with E-state index in [1.54, 1.807) is 0 Å². The molecule has 0 radical (unpaired) electrons. The number of carbonyl (C=O) groups excluding carboxylic acids is 3. The molecule has 2 aliphatic rings. The summed E-state index contributed by atoms with van der Waals surface area (Å²) in [6.07, 6.45) is -4.57. The molecule has 13 heteroatoms. The number of benzene rings is 2. The maximum atomic E-state index is 13.0. The minimum absolute atomic E-state index is 0.0779. The number of ether oxygens (including phenoxy) is 1. The molecule has 0 saturated carbocycles. The predicted octanol–water partition coefficient (Wildman–Crippen LogP) is 3.30. The second kappa shape index (κ2) is 8.35. The standard InChI is InChI=1S/C20H15ClF3N5O4/c1-33-14-6-5-12(8-13(14)21)29-18(31)16-17(19(29)32)28(27-26-16)9-15(30)25-11-4-2-3-10(7-11)20(22,23)24/h2-8,16-17H,9H2,1H3,(H,25,30)/t16-,17-/m0/s1.